The number of nitrogens with one attached hydrogen (secondary N) is 2. The number of carbonyl (C=O) groups excluding carboxylic acids is 1. The van der Waals surface area contributed by atoms with E-state index in [1.807, 2.05) is 19.2 Å². The van der Waals surface area contributed by atoms with Crippen molar-refractivity contribution in [3.63, 3.8) is 0 Å². The molecule has 1 saturated carbocycles. The van der Waals surface area contributed by atoms with E-state index < -0.39 is 60.7 Å². The van der Waals surface area contributed by atoms with Crippen LogP contribution in [0.4, 0.5) is 5.69 Å². The number of amides is 1. The van der Waals surface area contributed by atoms with Crippen molar-refractivity contribution < 1.29 is 64.4 Å². The standard InChI is InChI=1S/C47H53N3O13/c1-25-15-36(54)33-16-28-17-38(63-60-24-47(59,43(57)40(56)37(55)23-51)19-26-5-8-35(53)31-7-6-30(52)18-32(26)31)45(2,13-9-29-20-49-44(58)46(29)11-3-4-12-46)62-41(28)39(42(33)61-25)50-21-27-10-14-48-34(27)22-50/h5-8,10,14-16,18,22,29,37-38,40,43,51-53,55-57,59H,3-4,9,11-13,17,19-21,23-24H2,1-2H3,(H,49,58)/p+1/t29-,37+,38+,40+,43-,45+,47-/m0/s1. The average Bonchev–Trinajstić information content (AvgIpc) is 4.07. The molecule has 1 unspecified atom stereocenters. The highest BCUT2D eigenvalue weighted by molar-refractivity contribution is 5.92. The fourth-order valence-electron chi connectivity index (χ4n) is 10.5. The maximum atomic E-state index is 13.6. The van der Waals surface area contributed by atoms with Gasteiger partial charge in [-0.1, -0.05) is 18.9 Å². The number of ether oxygens (including phenoxy) is 1. The van der Waals surface area contributed by atoms with Crippen LogP contribution in [0.25, 0.3) is 21.7 Å². The van der Waals surface area contributed by atoms with Crippen LogP contribution in [0.1, 0.15) is 62.3 Å². The molecule has 334 valence electrons. The Hall–Kier alpha value is -5.17. The Bertz CT molecular complexity index is 2620. The molecule has 4 aromatic rings. The van der Waals surface area contributed by atoms with Gasteiger partial charge in [0.15, 0.2) is 11.2 Å². The van der Waals surface area contributed by atoms with E-state index in [-0.39, 0.29) is 35.2 Å². The van der Waals surface area contributed by atoms with Crippen LogP contribution in [-0.4, -0.2) is 110 Å². The first-order chi connectivity index (χ1) is 30.1. The Morgan fingerprint density at radius 1 is 1.05 bits per heavy atom. The molecular weight excluding hydrogens is 815 g/mol. The molecule has 3 aromatic carbocycles. The van der Waals surface area contributed by atoms with E-state index in [0.717, 1.165) is 41.9 Å². The van der Waals surface area contributed by atoms with Crippen molar-refractivity contribution in [2.45, 2.75) is 101 Å². The van der Waals surface area contributed by atoms with Crippen molar-refractivity contribution in [1.29, 1.82) is 0 Å². The molecule has 4 aliphatic heterocycles. The van der Waals surface area contributed by atoms with Crippen LogP contribution in [0.5, 0.6) is 17.2 Å². The summed E-state index contributed by atoms with van der Waals surface area (Å²) in [4.78, 5) is 44.5. The molecule has 1 aliphatic carbocycles. The average molecular weight is 869 g/mol. The van der Waals surface area contributed by atoms with Gasteiger partial charge in [0, 0.05) is 48.2 Å². The second kappa shape index (κ2) is 16.4. The normalized spacial score (nSPS) is 26.0. The first-order valence-electron chi connectivity index (χ1n) is 21.6. The van der Waals surface area contributed by atoms with E-state index in [1.54, 1.807) is 19.2 Å². The highest BCUT2D eigenvalue weighted by Crippen LogP contribution is 2.51. The highest BCUT2D eigenvalue weighted by Gasteiger charge is 2.54. The molecule has 5 aliphatic rings. The number of nitrogens with zero attached hydrogens (tertiary/aromatic N) is 1. The SMILES string of the molecule is Cc1cc(=O)c2cc3c(c([NH+]4C=C5N=CC=C5C4)c2o1)O[C@](C)(CC[C@H]1CNC(=O)C12CCCC2)[C@H](OOC[C@@](O)(Cc1ccc(O)c2ccc(O)cc12)[C@@H](O)[C@H](O)[C@H](O)CO)C3. The number of carbonyl (C=O) groups is 1. The third kappa shape index (κ3) is 7.61. The lowest BCUT2D eigenvalue weighted by Gasteiger charge is -2.43. The van der Waals surface area contributed by atoms with E-state index in [1.165, 1.54) is 36.4 Å². The minimum atomic E-state index is -2.40. The maximum absolute atomic E-state index is 13.6. The van der Waals surface area contributed by atoms with E-state index in [2.05, 4.69) is 10.3 Å². The van der Waals surface area contributed by atoms with Gasteiger partial charge in [0.1, 0.15) is 77.9 Å². The van der Waals surface area contributed by atoms with Crippen LogP contribution < -0.4 is 20.4 Å². The van der Waals surface area contributed by atoms with E-state index in [4.69, 9.17) is 18.9 Å². The minimum Gasteiger partial charge on any atom is -0.508 e. The summed E-state index contributed by atoms with van der Waals surface area (Å²) in [6, 6.07) is 10.3. The van der Waals surface area contributed by atoms with Crippen LogP contribution in [0.3, 0.4) is 0 Å². The number of rotatable bonds is 14. The molecule has 63 heavy (non-hydrogen) atoms. The number of phenols is 2. The number of aliphatic hydroxyl groups is 5. The van der Waals surface area contributed by atoms with Crippen molar-refractivity contribution in [2.24, 2.45) is 16.3 Å². The largest absolute Gasteiger partial charge is 0.508 e. The van der Waals surface area contributed by atoms with Crippen molar-refractivity contribution in [3.8, 4) is 17.2 Å². The number of aryl methyl sites for hydroxylation is 1. The lowest BCUT2D eigenvalue weighted by Crippen LogP contribution is -3.01. The maximum Gasteiger partial charge on any atom is 0.226 e. The predicted molar refractivity (Wildman–Crippen MR) is 229 cm³/mol. The van der Waals surface area contributed by atoms with Gasteiger partial charge >= 0.3 is 0 Å². The number of allylic oxidation sites excluding steroid dienone is 1. The predicted octanol–water partition coefficient (Wildman–Crippen LogP) is 2.19. The number of phenolic OH excluding ortho intramolecular Hbond substituents is 2. The fourth-order valence-corrected chi connectivity index (χ4v) is 10.5. The summed E-state index contributed by atoms with van der Waals surface area (Å²) in [6.07, 6.45) is 3.09. The molecule has 9 rings (SSSR count). The third-order valence-electron chi connectivity index (χ3n) is 14.2. The molecule has 5 heterocycles. The van der Waals surface area contributed by atoms with Crippen molar-refractivity contribution >= 4 is 39.6 Å². The number of quaternary nitrogens is 1. The van der Waals surface area contributed by atoms with Crippen LogP contribution in [-0.2, 0) is 27.4 Å². The van der Waals surface area contributed by atoms with E-state index >= 15 is 0 Å². The van der Waals surface area contributed by atoms with Crippen molar-refractivity contribution in [3.05, 3.63) is 93.1 Å². The van der Waals surface area contributed by atoms with Gasteiger partial charge in [-0.15, -0.1) is 0 Å². The molecule has 1 spiro atoms. The van der Waals surface area contributed by atoms with Gasteiger partial charge in [-0.25, -0.2) is 9.78 Å². The van der Waals surface area contributed by atoms with Gasteiger partial charge in [0.25, 0.3) is 0 Å². The second-order valence-corrected chi connectivity index (χ2v) is 18.3. The van der Waals surface area contributed by atoms with Crippen LogP contribution >= 0.6 is 0 Å². The van der Waals surface area contributed by atoms with E-state index in [9.17, 15) is 45.3 Å². The number of fused-ring (bicyclic) bond motifs is 4. The second-order valence-electron chi connectivity index (χ2n) is 18.3. The summed E-state index contributed by atoms with van der Waals surface area (Å²) in [5, 5.41) is 79.8. The van der Waals surface area contributed by atoms with E-state index in [0.29, 0.717) is 76.0 Å². The van der Waals surface area contributed by atoms with Crippen molar-refractivity contribution in [1.82, 2.24) is 5.32 Å². The molecule has 16 nitrogen and oxygen atoms in total. The minimum absolute atomic E-state index is 0.0324. The smallest absolute Gasteiger partial charge is 0.226 e. The molecule has 2 fully saturated rings. The van der Waals surface area contributed by atoms with Crippen molar-refractivity contribution in [2.75, 3.05) is 26.3 Å². The number of aromatic hydroxyl groups is 2. The highest BCUT2D eigenvalue weighted by atomic mass is 17.2. The van der Waals surface area contributed by atoms with Gasteiger partial charge in [0.05, 0.1) is 17.4 Å². The Labute approximate surface area is 362 Å². The molecule has 0 bridgehead atoms. The van der Waals surface area contributed by atoms with Gasteiger partial charge in [-0.05, 0) is 92.8 Å². The molecule has 9 N–H and O–H groups in total. The molecule has 0 radical (unpaired) electrons. The zero-order valence-electron chi connectivity index (χ0n) is 35.2. The topological polar surface area (TPSA) is 245 Å². The van der Waals surface area contributed by atoms with Gasteiger partial charge in [-0.2, -0.15) is 0 Å². The fraction of sp³-hybridized carbons (Fsp3) is 0.468. The summed E-state index contributed by atoms with van der Waals surface area (Å²) >= 11 is 0. The van der Waals surface area contributed by atoms with Crippen LogP contribution in [0.2, 0.25) is 0 Å². The summed E-state index contributed by atoms with van der Waals surface area (Å²) in [5.74, 6) is 0.849. The first kappa shape index (κ1) is 43.1. The first-order valence-corrected chi connectivity index (χ1v) is 21.6. The monoisotopic (exact) mass is 868 g/mol. The Balaban J connectivity index is 1.08. The zero-order chi connectivity index (χ0) is 44.4. The van der Waals surface area contributed by atoms with Gasteiger partial charge < -0.3 is 50.2 Å². The Morgan fingerprint density at radius 3 is 2.60 bits per heavy atom. The van der Waals surface area contributed by atoms with Crippen LogP contribution in [0.15, 0.2) is 80.2 Å². The Morgan fingerprint density at radius 2 is 1.84 bits per heavy atom. The van der Waals surface area contributed by atoms with Gasteiger partial charge in [0.2, 0.25) is 17.2 Å². The summed E-state index contributed by atoms with van der Waals surface area (Å²) in [5.41, 5.74) is -0.394. The number of aliphatic imine (C=N–C) groups is 1. The number of benzene rings is 3. The molecule has 1 saturated heterocycles. The summed E-state index contributed by atoms with van der Waals surface area (Å²) in [6.45, 7) is 2.99. The quantitative estimate of drug-likeness (QED) is 0.0653. The summed E-state index contributed by atoms with van der Waals surface area (Å²) in [7, 11) is 0. The molecule has 16 heteroatoms. The zero-order valence-corrected chi connectivity index (χ0v) is 35.2. The molecular formula is C47H54N3O13+. The number of hydrogen-bond acceptors (Lipinski definition) is 14. The van der Waals surface area contributed by atoms with Crippen LogP contribution in [0, 0.1) is 18.3 Å². The summed E-state index contributed by atoms with van der Waals surface area (Å²) < 4.78 is 13.5. The lowest BCUT2D eigenvalue weighted by molar-refractivity contribution is -0.763. The molecule has 8 atom stereocenters. The molecule has 1 aromatic heterocycles. The Kier molecular flexibility index (Phi) is 11.2. The van der Waals surface area contributed by atoms with Gasteiger partial charge in [-0.3, -0.25) is 19.5 Å². The number of aliphatic hydroxyl groups excluding tert-OH is 4. The third-order valence-corrected chi connectivity index (χ3v) is 14.2. The lowest BCUT2D eigenvalue weighted by atomic mass is 9.72. The molecule has 1 amide bonds. The number of hydrogen-bond donors (Lipinski definition) is 9.